The van der Waals surface area contributed by atoms with Crippen molar-refractivity contribution in [1.29, 1.82) is 0 Å². The second-order valence-electron chi connectivity index (χ2n) is 14.0. The highest BCUT2D eigenvalue weighted by molar-refractivity contribution is 5.98. The minimum Gasteiger partial charge on any atom is -0.480 e. The van der Waals surface area contributed by atoms with E-state index in [9.17, 15) is 32.8 Å². The smallest absolute Gasteiger partial charge is 0.407 e. The van der Waals surface area contributed by atoms with E-state index >= 15 is 0 Å². The van der Waals surface area contributed by atoms with Gasteiger partial charge in [-0.2, -0.15) is 0 Å². The number of amidine groups is 1. The third-order valence-electron chi connectivity index (χ3n) is 8.29. The summed E-state index contributed by atoms with van der Waals surface area (Å²) in [5.74, 6) is 1.83. The van der Waals surface area contributed by atoms with Gasteiger partial charge < -0.3 is 45.0 Å². The van der Waals surface area contributed by atoms with Crippen molar-refractivity contribution in [3.63, 3.8) is 0 Å². The SMILES string of the molecule is COC(C)(C)C.COCN(N)/N=C(\N)CCC(C)NC(=O)OCc1ccccc1.O=CCC(NC(=O)C1Cc2ccccc2N1C=O)C(=O)COc1c(F)cccc1F. The number of carbonyl (C=O) groups is 5. The maximum absolute atomic E-state index is 13.6. The number of para-hydroxylation sites is 2. The number of nitrogens with two attached hydrogens (primary N) is 2. The molecule has 0 spiro atoms. The Morgan fingerprint density at radius 1 is 0.983 bits per heavy atom. The number of ketones is 1. The zero-order chi connectivity index (χ0) is 44.0. The van der Waals surface area contributed by atoms with Crippen molar-refractivity contribution >= 4 is 42.0 Å². The maximum atomic E-state index is 13.6. The molecular weight excluding hydrogens is 772 g/mol. The summed E-state index contributed by atoms with van der Waals surface area (Å²) in [5, 5.41) is 10.2. The van der Waals surface area contributed by atoms with Crippen LogP contribution in [0.1, 0.15) is 58.1 Å². The number of nitrogens with zero attached hydrogens (tertiary/aromatic N) is 3. The van der Waals surface area contributed by atoms with Gasteiger partial charge in [-0.05, 0) is 63.4 Å². The topological polar surface area (TPSA) is 217 Å². The van der Waals surface area contributed by atoms with Crippen LogP contribution in [0.3, 0.4) is 0 Å². The molecule has 0 saturated carbocycles. The van der Waals surface area contributed by atoms with Crippen LogP contribution in [0.5, 0.6) is 5.75 Å². The number of aldehydes is 1. The normalized spacial score (nSPS) is 14.2. The molecule has 4 rings (SSSR count). The summed E-state index contributed by atoms with van der Waals surface area (Å²) in [6, 6.07) is 17.3. The van der Waals surface area contributed by atoms with Crippen molar-refractivity contribution in [3.05, 3.63) is 95.6 Å². The highest BCUT2D eigenvalue weighted by atomic mass is 19.1. The van der Waals surface area contributed by atoms with E-state index in [0.29, 0.717) is 37.1 Å². The molecule has 0 aromatic heterocycles. The quantitative estimate of drug-likeness (QED) is 0.0356. The van der Waals surface area contributed by atoms with Crippen LogP contribution >= 0.6 is 0 Å². The Morgan fingerprint density at radius 2 is 1.61 bits per heavy atom. The molecule has 1 heterocycles. The Morgan fingerprint density at radius 3 is 2.20 bits per heavy atom. The van der Waals surface area contributed by atoms with E-state index in [1.165, 1.54) is 12.0 Å². The fourth-order valence-electron chi connectivity index (χ4n) is 5.04. The van der Waals surface area contributed by atoms with Crippen LogP contribution in [0.4, 0.5) is 19.3 Å². The van der Waals surface area contributed by atoms with Crippen molar-refractivity contribution in [1.82, 2.24) is 15.8 Å². The van der Waals surface area contributed by atoms with E-state index in [0.717, 1.165) is 34.4 Å². The number of ether oxygens (including phenoxy) is 4. The number of alkyl carbamates (subject to hydrolysis) is 1. The number of amides is 3. The molecule has 16 nitrogen and oxygen atoms in total. The predicted molar refractivity (Wildman–Crippen MR) is 217 cm³/mol. The fourth-order valence-corrected chi connectivity index (χ4v) is 5.04. The number of Topliss-reactive ketones (excluding diaryl/α,β-unsaturated/α-hetero) is 1. The van der Waals surface area contributed by atoms with Crippen molar-refractivity contribution in [2.24, 2.45) is 16.7 Å². The Bertz CT molecular complexity index is 1810. The first-order valence-corrected chi connectivity index (χ1v) is 18.5. The summed E-state index contributed by atoms with van der Waals surface area (Å²) >= 11 is 0. The zero-order valence-corrected chi connectivity index (χ0v) is 34.2. The molecule has 0 radical (unpaired) electrons. The second kappa shape index (κ2) is 25.4. The summed E-state index contributed by atoms with van der Waals surface area (Å²) in [6.45, 7) is 7.57. The minimum absolute atomic E-state index is 0.0417. The largest absolute Gasteiger partial charge is 0.480 e. The molecule has 0 bridgehead atoms. The standard InChI is InChI=1S/C21H18F2N2O5.C15H25N5O3.C5H12O/c22-14-5-3-6-15(23)20(14)30-11-19(28)16(8-9-26)24-21(29)18-10-13-4-1-2-7-17(13)25(18)12-27;1-12(8-9-14(16)19-20(17)11-22-2)18-15(21)23-10-13-6-4-3-5-7-13;1-5(2,3)6-4/h1-7,9,12,16,18H,8,10-11H2,(H,24,29);3-7,12H,8-11,17H2,1-2H3,(H2,16,19)(H,18,21);1-4H3. The van der Waals surface area contributed by atoms with Crippen LogP contribution < -0.4 is 31.8 Å². The highest BCUT2D eigenvalue weighted by Crippen LogP contribution is 2.31. The first kappa shape index (κ1) is 49.2. The molecule has 322 valence electrons. The number of hydrogen-bond donors (Lipinski definition) is 4. The molecule has 3 amide bonds. The fraction of sp³-hybridized carbons (Fsp3) is 0.415. The number of nitrogens with one attached hydrogen (secondary N) is 2. The number of fused-ring (bicyclic) bond motifs is 1. The molecule has 18 heteroatoms. The molecule has 3 aromatic rings. The van der Waals surface area contributed by atoms with Gasteiger partial charge in [-0.3, -0.25) is 14.4 Å². The number of carbonyl (C=O) groups excluding carboxylic acids is 5. The average molecular weight is 828 g/mol. The van der Waals surface area contributed by atoms with Crippen LogP contribution in [-0.4, -0.2) is 92.7 Å². The summed E-state index contributed by atoms with van der Waals surface area (Å²) in [7, 11) is 3.22. The van der Waals surface area contributed by atoms with Crippen LogP contribution in [0.25, 0.3) is 0 Å². The Balaban J connectivity index is 0.000000367. The van der Waals surface area contributed by atoms with Gasteiger partial charge in [0.2, 0.25) is 12.3 Å². The highest BCUT2D eigenvalue weighted by Gasteiger charge is 2.36. The van der Waals surface area contributed by atoms with Crippen molar-refractivity contribution in [3.8, 4) is 5.75 Å². The summed E-state index contributed by atoms with van der Waals surface area (Å²) in [4.78, 5) is 60.5. The number of hydrazone groups is 1. The van der Waals surface area contributed by atoms with Gasteiger partial charge in [0.1, 0.15) is 31.4 Å². The van der Waals surface area contributed by atoms with Crippen molar-refractivity contribution in [2.45, 2.75) is 83.7 Å². The number of hydrogen-bond acceptors (Lipinski definition) is 12. The molecule has 0 saturated heterocycles. The van der Waals surface area contributed by atoms with E-state index in [4.69, 9.17) is 30.5 Å². The Labute approximate surface area is 343 Å². The van der Waals surface area contributed by atoms with Gasteiger partial charge in [-0.15, -0.1) is 5.10 Å². The number of rotatable bonds is 18. The van der Waals surface area contributed by atoms with E-state index in [1.54, 1.807) is 31.4 Å². The van der Waals surface area contributed by atoms with Crippen LogP contribution in [-0.2, 0) is 46.4 Å². The maximum Gasteiger partial charge on any atom is 0.407 e. The van der Waals surface area contributed by atoms with Gasteiger partial charge in [-0.25, -0.2) is 24.5 Å². The van der Waals surface area contributed by atoms with E-state index in [1.807, 2.05) is 58.0 Å². The summed E-state index contributed by atoms with van der Waals surface area (Å²) in [6.07, 6.45) is 1.52. The van der Waals surface area contributed by atoms with Crippen LogP contribution in [0.15, 0.2) is 77.9 Å². The van der Waals surface area contributed by atoms with Gasteiger partial charge in [-0.1, -0.05) is 54.6 Å². The number of halogens is 2. The van der Waals surface area contributed by atoms with Crippen molar-refractivity contribution < 1.29 is 51.7 Å². The second-order valence-corrected chi connectivity index (χ2v) is 14.0. The number of anilines is 1. The molecule has 6 N–H and O–H groups in total. The lowest BCUT2D eigenvalue weighted by atomic mass is 10.1. The van der Waals surface area contributed by atoms with Gasteiger partial charge in [0.05, 0.1) is 11.6 Å². The van der Waals surface area contributed by atoms with Crippen molar-refractivity contribution in [2.75, 3.05) is 32.5 Å². The zero-order valence-electron chi connectivity index (χ0n) is 34.2. The van der Waals surface area contributed by atoms with E-state index in [-0.39, 0.29) is 37.8 Å². The summed E-state index contributed by atoms with van der Waals surface area (Å²) in [5.41, 5.74) is 8.11. The molecular formula is C41H55F2N7O9. The number of benzene rings is 3. The lowest BCUT2D eigenvalue weighted by Crippen LogP contribution is -2.51. The molecule has 59 heavy (non-hydrogen) atoms. The Kier molecular flexibility index (Phi) is 21.2. The molecule has 0 aliphatic carbocycles. The first-order valence-electron chi connectivity index (χ1n) is 18.5. The molecule has 3 aromatic carbocycles. The Hall–Kier alpha value is -5.98. The monoisotopic (exact) mass is 827 g/mol. The predicted octanol–water partition coefficient (Wildman–Crippen LogP) is 4.14. The first-order chi connectivity index (χ1) is 28.0. The van der Waals surface area contributed by atoms with E-state index in [2.05, 4.69) is 15.7 Å². The lowest BCUT2D eigenvalue weighted by molar-refractivity contribution is -0.130. The van der Waals surface area contributed by atoms with Gasteiger partial charge in [0, 0.05) is 45.2 Å². The van der Waals surface area contributed by atoms with E-state index < -0.39 is 53.9 Å². The lowest BCUT2D eigenvalue weighted by Gasteiger charge is -2.23. The van der Waals surface area contributed by atoms with Crippen LogP contribution in [0, 0.1) is 11.6 Å². The molecule has 3 unspecified atom stereocenters. The number of hydrazine groups is 1. The summed E-state index contributed by atoms with van der Waals surface area (Å²) < 4.78 is 47.1. The molecule has 1 aliphatic rings. The van der Waals surface area contributed by atoms with Gasteiger partial charge in [0.15, 0.2) is 29.9 Å². The molecule has 1 aliphatic heterocycles. The van der Waals surface area contributed by atoms with Gasteiger partial charge >= 0.3 is 6.09 Å². The minimum atomic E-state index is -1.26. The number of methoxy groups -OCH3 is 2. The third kappa shape index (κ3) is 18.0. The average Bonchev–Trinajstić information content (AvgIpc) is 3.58. The van der Waals surface area contributed by atoms with Crippen LogP contribution in [0.2, 0.25) is 0 Å². The third-order valence-corrected chi connectivity index (χ3v) is 8.29. The molecule has 0 fully saturated rings. The van der Waals surface area contributed by atoms with Gasteiger partial charge in [0.25, 0.3) is 0 Å². The molecule has 3 atom stereocenters.